The third-order valence-corrected chi connectivity index (χ3v) is 3.88. The molecule has 1 unspecified atom stereocenters. The lowest BCUT2D eigenvalue weighted by Gasteiger charge is -2.15. The van der Waals surface area contributed by atoms with Gasteiger partial charge in [-0.05, 0) is 62.8 Å². The van der Waals surface area contributed by atoms with Crippen molar-refractivity contribution in [3.05, 3.63) is 23.8 Å². The summed E-state index contributed by atoms with van der Waals surface area (Å²) in [6, 6.07) is 7.10. The minimum Gasteiger partial charge on any atom is -0.490 e. The predicted molar refractivity (Wildman–Crippen MR) is 87.4 cm³/mol. The summed E-state index contributed by atoms with van der Waals surface area (Å²) in [6.45, 7) is 6.92. The van der Waals surface area contributed by atoms with Gasteiger partial charge in [0.15, 0.2) is 11.5 Å². The van der Waals surface area contributed by atoms with Crippen LogP contribution in [0.1, 0.15) is 51.5 Å². The van der Waals surface area contributed by atoms with Crippen molar-refractivity contribution in [3.8, 4) is 11.5 Å². The van der Waals surface area contributed by atoms with E-state index in [2.05, 4.69) is 37.4 Å². The van der Waals surface area contributed by atoms with E-state index >= 15 is 0 Å². The summed E-state index contributed by atoms with van der Waals surface area (Å²) < 4.78 is 11.6. The summed E-state index contributed by atoms with van der Waals surface area (Å²) in [6.07, 6.45) is 6.98. The molecule has 2 rings (SSSR count). The van der Waals surface area contributed by atoms with E-state index in [9.17, 15) is 0 Å². The standard InChI is InChI=1S/C18H29NO2/c1-3-12-20-17-10-8-15(14-18(17)21-13-4-2)7-9-16-6-5-11-19-16/h8,10,14,16,19H,3-7,9,11-13H2,1-2H3. The van der Waals surface area contributed by atoms with Gasteiger partial charge in [-0.3, -0.25) is 0 Å². The average molecular weight is 291 g/mol. The zero-order chi connectivity index (χ0) is 14.9. The summed E-state index contributed by atoms with van der Waals surface area (Å²) >= 11 is 0. The van der Waals surface area contributed by atoms with Gasteiger partial charge in [0.05, 0.1) is 13.2 Å². The second kappa shape index (κ2) is 8.93. The van der Waals surface area contributed by atoms with Crippen LogP contribution in [0.3, 0.4) is 0 Å². The van der Waals surface area contributed by atoms with E-state index in [1.807, 2.05) is 0 Å². The lowest BCUT2D eigenvalue weighted by atomic mass is 10.0. The molecule has 118 valence electrons. The number of hydrogen-bond donors (Lipinski definition) is 1. The largest absolute Gasteiger partial charge is 0.490 e. The van der Waals surface area contributed by atoms with Crippen molar-refractivity contribution in [2.45, 2.75) is 58.4 Å². The van der Waals surface area contributed by atoms with E-state index in [0.29, 0.717) is 6.04 Å². The Morgan fingerprint density at radius 2 is 1.86 bits per heavy atom. The number of rotatable bonds is 9. The summed E-state index contributed by atoms with van der Waals surface area (Å²) in [7, 11) is 0. The number of hydrogen-bond acceptors (Lipinski definition) is 3. The zero-order valence-electron chi connectivity index (χ0n) is 13.5. The van der Waals surface area contributed by atoms with Crippen LogP contribution in [0.5, 0.6) is 11.5 Å². The molecule has 0 bridgehead atoms. The SMILES string of the molecule is CCCOc1ccc(CCC2CCCN2)cc1OCCC. The van der Waals surface area contributed by atoms with Crippen LogP contribution < -0.4 is 14.8 Å². The molecule has 1 aliphatic heterocycles. The summed E-state index contributed by atoms with van der Waals surface area (Å²) in [5.74, 6) is 1.79. The van der Waals surface area contributed by atoms with E-state index in [1.165, 1.54) is 31.4 Å². The van der Waals surface area contributed by atoms with Crippen molar-refractivity contribution in [2.24, 2.45) is 0 Å². The third-order valence-electron chi connectivity index (χ3n) is 3.88. The van der Waals surface area contributed by atoms with Gasteiger partial charge in [-0.15, -0.1) is 0 Å². The molecule has 1 fully saturated rings. The van der Waals surface area contributed by atoms with Crippen LogP contribution in [0.25, 0.3) is 0 Å². The third kappa shape index (κ3) is 5.24. The quantitative estimate of drug-likeness (QED) is 0.747. The molecule has 1 aromatic carbocycles. The lowest BCUT2D eigenvalue weighted by Crippen LogP contribution is -2.21. The van der Waals surface area contributed by atoms with Gasteiger partial charge in [0.1, 0.15) is 0 Å². The van der Waals surface area contributed by atoms with Crippen molar-refractivity contribution >= 4 is 0 Å². The molecule has 0 saturated carbocycles. The Bertz CT molecular complexity index is 414. The first-order chi connectivity index (χ1) is 10.3. The van der Waals surface area contributed by atoms with Crippen molar-refractivity contribution in [1.29, 1.82) is 0 Å². The van der Waals surface area contributed by atoms with Crippen molar-refractivity contribution in [3.63, 3.8) is 0 Å². The second-order valence-electron chi connectivity index (χ2n) is 5.81. The van der Waals surface area contributed by atoms with Crippen molar-refractivity contribution < 1.29 is 9.47 Å². The van der Waals surface area contributed by atoms with Crippen LogP contribution >= 0.6 is 0 Å². The van der Waals surface area contributed by atoms with Gasteiger partial charge in [0.25, 0.3) is 0 Å². The fraction of sp³-hybridized carbons (Fsp3) is 0.667. The number of aryl methyl sites for hydroxylation is 1. The van der Waals surface area contributed by atoms with Gasteiger partial charge < -0.3 is 14.8 Å². The summed E-state index contributed by atoms with van der Waals surface area (Å²) in [5.41, 5.74) is 1.35. The molecule has 1 aliphatic rings. The maximum absolute atomic E-state index is 5.86. The topological polar surface area (TPSA) is 30.5 Å². The van der Waals surface area contributed by atoms with Crippen LogP contribution in [0, 0.1) is 0 Å². The van der Waals surface area contributed by atoms with Gasteiger partial charge in [-0.1, -0.05) is 19.9 Å². The molecule has 0 spiro atoms. The Morgan fingerprint density at radius 1 is 1.10 bits per heavy atom. The van der Waals surface area contributed by atoms with Crippen molar-refractivity contribution in [2.75, 3.05) is 19.8 Å². The molecule has 0 amide bonds. The highest BCUT2D eigenvalue weighted by molar-refractivity contribution is 5.43. The second-order valence-corrected chi connectivity index (χ2v) is 5.81. The van der Waals surface area contributed by atoms with Crippen LogP contribution in [0.2, 0.25) is 0 Å². The molecule has 0 aliphatic carbocycles. The Kier molecular flexibility index (Phi) is 6.87. The van der Waals surface area contributed by atoms with E-state index in [1.54, 1.807) is 0 Å². The molecule has 1 saturated heterocycles. The summed E-state index contributed by atoms with van der Waals surface area (Å²) in [4.78, 5) is 0. The van der Waals surface area contributed by atoms with Gasteiger partial charge in [-0.25, -0.2) is 0 Å². The lowest BCUT2D eigenvalue weighted by molar-refractivity contribution is 0.268. The Labute approximate surface area is 129 Å². The van der Waals surface area contributed by atoms with Gasteiger partial charge in [0.2, 0.25) is 0 Å². The fourth-order valence-electron chi connectivity index (χ4n) is 2.71. The van der Waals surface area contributed by atoms with Crippen LogP contribution in [-0.4, -0.2) is 25.8 Å². The molecule has 3 heteroatoms. The fourth-order valence-corrected chi connectivity index (χ4v) is 2.71. The highest BCUT2D eigenvalue weighted by Crippen LogP contribution is 2.29. The molecule has 21 heavy (non-hydrogen) atoms. The first-order valence-corrected chi connectivity index (χ1v) is 8.45. The molecule has 0 aromatic heterocycles. The molecule has 1 atom stereocenters. The van der Waals surface area contributed by atoms with Crippen LogP contribution in [0.4, 0.5) is 0 Å². The maximum Gasteiger partial charge on any atom is 0.161 e. The van der Waals surface area contributed by atoms with Crippen molar-refractivity contribution in [1.82, 2.24) is 5.32 Å². The minimum atomic E-state index is 0.695. The Balaban J connectivity index is 1.96. The van der Waals surface area contributed by atoms with E-state index < -0.39 is 0 Å². The first kappa shape index (κ1) is 16.2. The van der Waals surface area contributed by atoms with Gasteiger partial charge in [-0.2, -0.15) is 0 Å². The minimum absolute atomic E-state index is 0.695. The molecule has 1 aromatic rings. The number of ether oxygens (including phenoxy) is 2. The monoisotopic (exact) mass is 291 g/mol. The average Bonchev–Trinajstić information content (AvgIpc) is 3.03. The molecular formula is C18H29NO2. The molecule has 3 nitrogen and oxygen atoms in total. The highest BCUT2D eigenvalue weighted by atomic mass is 16.5. The molecule has 0 radical (unpaired) electrons. The van der Waals surface area contributed by atoms with E-state index in [0.717, 1.165) is 44.0 Å². The molecular weight excluding hydrogens is 262 g/mol. The predicted octanol–water partition coefficient (Wildman–Crippen LogP) is 3.95. The molecule has 1 heterocycles. The van der Waals surface area contributed by atoms with E-state index in [-0.39, 0.29) is 0 Å². The van der Waals surface area contributed by atoms with Crippen LogP contribution in [-0.2, 0) is 6.42 Å². The van der Waals surface area contributed by atoms with Crippen LogP contribution in [0.15, 0.2) is 18.2 Å². The smallest absolute Gasteiger partial charge is 0.161 e. The highest BCUT2D eigenvalue weighted by Gasteiger charge is 2.14. The Hall–Kier alpha value is -1.22. The molecule has 1 N–H and O–H groups in total. The van der Waals surface area contributed by atoms with E-state index in [4.69, 9.17) is 9.47 Å². The number of benzene rings is 1. The Morgan fingerprint density at radius 3 is 2.52 bits per heavy atom. The normalized spacial score (nSPS) is 17.9. The summed E-state index contributed by atoms with van der Waals surface area (Å²) in [5, 5.41) is 3.56. The zero-order valence-corrected chi connectivity index (χ0v) is 13.5. The number of nitrogens with one attached hydrogen (secondary N) is 1. The van der Waals surface area contributed by atoms with Gasteiger partial charge in [0, 0.05) is 6.04 Å². The van der Waals surface area contributed by atoms with Gasteiger partial charge >= 0.3 is 0 Å². The maximum atomic E-state index is 5.86. The first-order valence-electron chi connectivity index (χ1n) is 8.45.